The minimum absolute atomic E-state index is 0.0557. The zero-order valence-corrected chi connectivity index (χ0v) is 27.9. The quantitative estimate of drug-likeness (QED) is 0.225. The summed E-state index contributed by atoms with van der Waals surface area (Å²) in [6, 6.07) is 0.867. The van der Waals surface area contributed by atoms with Crippen molar-refractivity contribution < 1.29 is 9.53 Å². The van der Waals surface area contributed by atoms with E-state index in [0.29, 0.717) is 35.6 Å². The molecule has 0 aromatic carbocycles. The Labute approximate surface area is 271 Å². The van der Waals surface area contributed by atoms with Gasteiger partial charge in [-0.1, -0.05) is 57.8 Å². The van der Waals surface area contributed by atoms with Crippen LogP contribution >= 0.6 is 11.6 Å². The largest absolute Gasteiger partial charge is 0.378 e. The first-order chi connectivity index (χ1) is 21.5. The highest BCUT2D eigenvalue weighted by molar-refractivity contribution is 6.20. The number of likely N-dealkylation sites (tertiary alicyclic amines) is 1. The molecule has 5 aliphatic heterocycles. The molecule has 9 heteroatoms. The molecule has 2 bridgehead atoms. The molecular formula is C35H61ClN6O2. The number of rotatable bonds is 6. The first-order valence-electron chi connectivity index (χ1n) is 18.8. The summed E-state index contributed by atoms with van der Waals surface area (Å²) in [6.45, 7) is 6.80. The second-order valence-electron chi connectivity index (χ2n) is 15.9. The van der Waals surface area contributed by atoms with E-state index in [1.165, 1.54) is 96.6 Å². The Bertz CT molecular complexity index is 948. The minimum atomic E-state index is -0.361. The topological polar surface area (TPSA) is 104 Å². The van der Waals surface area contributed by atoms with Crippen LogP contribution in [0.3, 0.4) is 0 Å². The van der Waals surface area contributed by atoms with Gasteiger partial charge in [-0.3, -0.25) is 15.0 Å². The first kappa shape index (κ1) is 32.1. The highest BCUT2D eigenvalue weighted by Crippen LogP contribution is 2.52. The summed E-state index contributed by atoms with van der Waals surface area (Å²) in [5.41, 5.74) is 7.08. The second-order valence-corrected chi connectivity index (χ2v) is 16.5. The minimum Gasteiger partial charge on any atom is -0.378 e. The number of halogens is 1. The molecule has 2 saturated carbocycles. The van der Waals surface area contributed by atoms with Crippen LogP contribution in [0.25, 0.3) is 0 Å². The molecule has 44 heavy (non-hydrogen) atoms. The lowest BCUT2D eigenvalue weighted by atomic mass is 9.56. The van der Waals surface area contributed by atoms with E-state index in [1.807, 2.05) is 0 Å². The Balaban J connectivity index is 1.12. The number of alkyl halides is 1. The Morgan fingerprint density at radius 1 is 0.886 bits per heavy atom. The molecule has 7 aliphatic rings. The number of carbonyl (C=O) groups is 1. The maximum absolute atomic E-state index is 14.6. The lowest BCUT2D eigenvalue weighted by molar-refractivity contribution is -0.134. The van der Waals surface area contributed by atoms with Gasteiger partial charge in [0.05, 0.1) is 31.3 Å². The van der Waals surface area contributed by atoms with Crippen molar-refractivity contribution in [3.63, 3.8) is 0 Å². The van der Waals surface area contributed by atoms with Gasteiger partial charge in [-0.2, -0.15) is 0 Å². The molecule has 7 rings (SSSR count). The number of ether oxygens (including phenoxy) is 1. The van der Waals surface area contributed by atoms with Crippen molar-refractivity contribution in [3.05, 3.63) is 0 Å². The standard InChI is InChI=1S/C35H61ClN6O2/c36-26-18-35(25-10-6-1-2-7-11-25)31(24-8-4-3-5-9-24)32(39-19-26)30(33(37)41-35)34(43)40-29-20-38-15-12-28(29)23-13-16-42(17-14-23)27-21-44-22-27/h23-33,38-39,41H,1-22,37H2,(H,40,43). The molecule has 2 aliphatic carbocycles. The van der Waals surface area contributed by atoms with E-state index in [4.69, 9.17) is 22.1 Å². The van der Waals surface area contributed by atoms with E-state index in [2.05, 4.69) is 26.2 Å². The predicted molar refractivity (Wildman–Crippen MR) is 176 cm³/mol. The number of amides is 1. The zero-order valence-electron chi connectivity index (χ0n) is 27.1. The third-order valence-electron chi connectivity index (χ3n) is 13.5. The summed E-state index contributed by atoms with van der Waals surface area (Å²) in [4.78, 5) is 17.2. The fourth-order valence-electron chi connectivity index (χ4n) is 11.3. The molecule has 8 atom stereocenters. The van der Waals surface area contributed by atoms with Crippen molar-refractivity contribution in [2.75, 3.05) is 45.9 Å². The highest BCUT2D eigenvalue weighted by Gasteiger charge is 2.60. The number of carbonyl (C=O) groups excluding carboxylic acids is 1. The van der Waals surface area contributed by atoms with E-state index in [9.17, 15) is 4.79 Å². The van der Waals surface area contributed by atoms with Gasteiger partial charge >= 0.3 is 0 Å². The van der Waals surface area contributed by atoms with Crippen molar-refractivity contribution in [3.8, 4) is 0 Å². The van der Waals surface area contributed by atoms with Crippen LogP contribution in [0, 0.1) is 35.5 Å². The summed E-state index contributed by atoms with van der Waals surface area (Å²) in [7, 11) is 0. The number of hydrogen-bond acceptors (Lipinski definition) is 7. The summed E-state index contributed by atoms with van der Waals surface area (Å²) < 4.78 is 5.47. The fraction of sp³-hybridized carbons (Fsp3) is 0.971. The summed E-state index contributed by atoms with van der Waals surface area (Å²) in [6.07, 6.45) is 18.5. The summed E-state index contributed by atoms with van der Waals surface area (Å²) >= 11 is 7.16. The maximum atomic E-state index is 14.6. The van der Waals surface area contributed by atoms with Crippen LogP contribution in [-0.2, 0) is 9.53 Å². The molecule has 0 radical (unpaired) electrons. The Hall–Kier alpha value is -0.480. The van der Waals surface area contributed by atoms with Crippen LogP contribution in [0.5, 0.6) is 0 Å². The van der Waals surface area contributed by atoms with E-state index >= 15 is 0 Å². The third kappa shape index (κ3) is 6.49. The Morgan fingerprint density at radius 3 is 2.30 bits per heavy atom. The van der Waals surface area contributed by atoms with Gasteiger partial charge in [-0.25, -0.2) is 0 Å². The van der Waals surface area contributed by atoms with Crippen LogP contribution in [0.1, 0.15) is 96.3 Å². The van der Waals surface area contributed by atoms with Crippen LogP contribution in [0.4, 0.5) is 0 Å². The average Bonchev–Trinajstić information content (AvgIpc) is 3.35. The van der Waals surface area contributed by atoms with Crippen molar-refractivity contribution >= 4 is 17.5 Å². The van der Waals surface area contributed by atoms with E-state index in [1.54, 1.807) is 0 Å². The van der Waals surface area contributed by atoms with Crippen molar-refractivity contribution in [2.24, 2.45) is 41.2 Å². The number of hydrogen-bond donors (Lipinski definition) is 5. The molecular weight excluding hydrogens is 572 g/mol. The normalized spacial score (nSPS) is 42.6. The Morgan fingerprint density at radius 2 is 1.59 bits per heavy atom. The van der Waals surface area contributed by atoms with E-state index < -0.39 is 0 Å². The van der Waals surface area contributed by atoms with E-state index in [-0.39, 0.29) is 41.0 Å². The molecule has 0 spiro atoms. The van der Waals surface area contributed by atoms with Gasteiger partial charge in [-0.05, 0) is 87.7 Å². The number of nitrogens with two attached hydrogens (primary N) is 1. The molecule has 0 aromatic rings. The highest BCUT2D eigenvalue weighted by atomic mass is 35.5. The summed E-state index contributed by atoms with van der Waals surface area (Å²) in [5, 5.41) is 15.4. The molecule has 8 nitrogen and oxygen atoms in total. The fourth-order valence-corrected chi connectivity index (χ4v) is 11.7. The molecule has 5 saturated heterocycles. The van der Waals surface area contributed by atoms with Gasteiger partial charge < -0.3 is 26.4 Å². The van der Waals surface area contributed by atoms with Gasteiger partial charge in [0, 0.05) is 36.1 Å². The molecule has 6 N–H and O–H groups in total. The van der Waals surface area contributed by atoms with Gasteiger partial charge in [0.1, 0.15) is 0 Å². The van der Waals surface area contributed by atoms with Gasteiger partial charge in [0.15, 0.2) is 0 Å². The lowest BCUT2D eigenvalue weighted by Crippen LogP contribution is -2.76. The average molecular weight is 633 g/mol. The van der Waals surface area contributed by atoms with Crippen molar-refractivity contribution in [1.29, 1.82) is 0 Å². The van der Waals surface area contributed by atoms with Crippen molar-refractivity contribution in [1.82, 2.24) is 26.2 Å². The SMILES string of the molecule is NC1NC2(C3CCCCCC3)CC(Cl)CNC(C1C(=O)NC1CNCCC1C1CCN(C3COC3)CC1)C2C1CCCCC1. The third-order valence-corrected chi connectivity index (χ3v) is 13.9. The first-order valence-corrected chi connectivity index (χ1v) is 19.2. The predicted octanol–water partition coefficient (Wildman–Crippen LogP) is 3.57. The molecule has 0 aromatic heterocycles. The van der Waals surface area contributed by atoms with Gasteiger partial charge in [0.2, 0.25) is 5.91 Å². The van der Waals surface area contributed by atoms with Gasteiger partial charge in [-0.15, -0.1) is 11.6 Å². The number of fused-ring (bicyclic) bond motifs is 2. The lowest BCUT2D eigenvalue weighted by Gasteiger charge is -2.59. The second kappa shape index (κ2) is 14.3. The van der Waals surface area contributed by atoms with Crippen LogP contribution < -0.4 is 27.0 Å². The molecule has 7 fully saturated rings. The molecule has 1 amide bonds. The van der Waals surface area contributed by atoms with Gasteiger partial charge in [0.25, 0.3) is 0 Å². The smallest absolute Gasteiger partial charge is 0.227 e. The van der Waals surface area contributed by atoms with Crippen LogP contribution in [-0.4, -0.2) is 92.0 Å². The maximum Gasteiger partial charge on any atom is 0.227 e. The van der Waals surface area contributed by atoms with Crippen molar-refractivity contribution in [2.45, 2.75) is 132 Å². The number of piperidine rings is 3. The molecule has 8 unspecified atom stereocenters. The summed E-state index contributed by atoms with van der Waals surface area (Å²) in [5.74, 6) is 2.67. The monoisotopic (exact) mass is 632 g/mol. The van der Waals surface area contributed by atoms with Crippen LogP contribution in [0.15, 0.2) is 0 Å². The molecule has 250 valence electrons. The number of nitrogens with one attached hydrogen (secondary N) is 4. The van der Waals surface area contributed by atoms with Crippen LogP contribution in [0.2, 0.25) is 0 Å². The zero-order chi connectivity index (χ0) is 30.1. The number of nitrogens with zero attached hydrogens (tertiary/aromatic N) is 1. The molecule has 5 heterocycles. The Kier molecular flexibility index (Phi) is 10.4. The van der Waals surface area contributed by atoms with E-state index in [0.717, 1.165) is 45.7 Å².